The van der Waals surface area contributed by atoms with Crippen LogP contribution in [0.2, 0.25) is 5.02 Å². The lowest BCUT2D eigenvalue weighted by molar-refractivity contribution is 0.0998. The van der Waals surface area contributed by atoms with Crippen LogP contribution in [0.4, 0.5) is 0 Å². The molecule has 114 valence electrons. The molecule has 0 unspecified atom stereocenters. The normalized spacial score (nSPS) is 11.6. The van der Waals surface area contributed by atoms with Gasteiger partial charge in [0, 0.05) is 10.6 Å². The summed E-state index contributed by atoms with van der Waals surface area (Å²) in [6.45, 7) is 2.32. The minimum atomic E-state index is -0.284. The largest absolute Gasteiger partial charge is 0.305 e. The molecule has 2 aromatic carbocycles. The third-order valence-corrected chi connectivity index (χ3v) is 4.67. The van der Waals surface area contributed by atoms with E-state index < -0.39 is 0 Å². The number of terminal acetylenes is 1. The van der Waals surface area contributed by atoms with Gasteiger partial charge >= 0.3 is 0 Å². The van der Waals surface area contributed by atoms with Gasteiger partial charge in [-0.05, 0) is 37.3 Å². The monoisotopic (exact) mass is 340 g/mol. The molecule has 0 aliphatic heterocycles. The Morgan fingerprint density at radius 1 is 1.30 bits per heavy atom. The summed E-state index contributed by atoms with van der Waals surface area (Å²) in [6.07, 6.45) is 5.45. The van der Waals surface area contributed by atoms with Gasteiger partial charge in [-0.1, -0.05) is 46.6 Å². The second-order valence-corrected chi connectivity index (χ2v) is 6.52. The van der Waals surface area contributed by atoms with Crippen LogP contribution in [-0.4, -0.2) is 10.5 Å². The molecule has 1 aromatic heterocycles. The molecule has 3 rings (SSSR count). The molecule has 23 heavy (non-hydrogen) atoms. The van der Waals surface area contributed by atoms with Gasteiger partial charge in [0.25, 0.3) is 5.91 Å². The number of hydrogen-bond donors (Lipinski definition) is 0. The molecule has 3 aromatic rings. The first-order valence-electron chi connectivity index (χ1n) is 6.96. The number of halogens is 1. The Bertz CT molecular complexity index is 991. The van der Waals surface area contributed by atoms with Gasteiger partial charge in [-0.2, -0.15) is 4.99 Å². The van der Waals surface area contributed by atoms with Crippen LogP contribution in [0.15, 0.2) is 47.5 Å². The molecular weight excluding hydrogens is 328 g/mol. The lowest BCUT2D eigenvalue weighted by Gasteiger charge is -2.00. The van der Waals surface area contributed by atoms with Crippen LogP contribution >= 0.6 is 22.9 Å². The minimum absolute atomic E-state index is 0.284. The Morgan fingerprint density at radius 3 is 2.74 bits per heavy atom. The van der Waals surface area contributed by atoms with Crippen molar-refractivity contribution in [2.45, 2.75) is 13.5 Å². The first kappa shape index (κ1) is 15.5. The Morgan fingerprint density at radius 2 is 2.04 bits per heavy atom. The maximum atomic E-state index is 12.4. The van der Waals surface area contributed by atoms with Crippen molar-refractivity contribution in [1.82, 2.24) is 4.57 Å². The summed E-state index contributed by atoms with van der Waals surface area (Å²) in [7, 11) is 0. The fraction of sp³-hybridized carbons (Fsp3) is 0.111. The second kappa shape index (κ2) is 6.41. The molecule has 0 bridgehead atoms. The molecule has 0 aliphatic rings. The molecule has 0 fully saturated rings. The maximum Gasteiger partial charge on any atom is 0.279 e. The fourth-order valence-corrected chi connectivity index (χ4v) is 3.53. The van der Waals surface area contributed by atoms with Crippen LogP contribution in [0.25, 0.3) is 10.2 Å². The van der Waals surface area contributed by atoms with E-state index in [0.717, 1.165) is 15.8 Å². The number of carbonyl (C=O) groups excluding carboxylic acids is 1. The van der Waals surface area contributed by atoms with Gasteiger partial charge in [0.15, 0.2) is 4.80 Å². The van der Waals surface area contributed by atoms with Crippen LogP contribution in [0.5, 0.6) is 0 Å². The van der Waals surface area contributed by atoms with Crippen LogP contribution in [0.3, 0.4) is 0 Å². The van der Waals surface area contributed by atoms with E-state index in [4.69, 9.17) is 18.0 Å². The van der Waals surface area contributed by atoms with Gasteiger partial charge in [0.05, 0.1) is 16.8 Å². The molecule has 3 nitrogen and oxygen atoms in total. The highest BCUT2D eigenvalue weighted by Crippen LogP contribution is 2.21. The molecule has 0 saturated heterocycles. The SMILES string of the molecule is C#CCn1c(=NC(=O)c2ccc(C)cc2)sc2cc(Cl)ccc21. The molecule has 1 amide bonds. The van der Waals surface area contributed by atoms with E-state index in [1.165, 1.54) is 11.3 Å². The number of hydrogen-bond acceptors (Lipinski definition) is 2. The second-order valence-electron chi connectivity index (χ2n) is 5.07. The van der Waals surface area contributed by atoms with E-state index in [1.54, 1.807) is 18.2 Å². The van der Waals surface area contributed by atoms with E-state index in [1.807, 2.05) is 35.8 Å². The average molecular weight is 341 g/mol. The Balaban J connectivity index is 2.14. The smallest absolute Gasteiger partial charge is 0.279 e. The molecule has 0 atom stereocenters. The van der Waals surface area contributed by atoms with Crippen LogP contribution < -0.4 is 4.80 Å². The molecular formula is C18H13ClN2OS. The van der Waals surface area contributed by atoms with E-state index in [9.17, 15) is 4.79 Å². The van der Waals surface area contributed by atoms with Crippen molar-refractivity contribution >= 4 is 39.1 Å². The molecule has 1 heterocycles. The standard InChI is InChI=1S/C18H13ClN2OS/c1-3-10-21-15-9-8-14(19)11-16(15)23-18(21)20-17(22)13-6-4-12(2)5-7-13/h1,4-9,11H,10H2,2H3. The van der Waals surface area contributed by atoms with Crippen molar-refractivity contribution in [3.8, 4) is 12.3 Å². The number of amides is 1. The van der Waals surface area contributed by atoms with Gasteiger partial charge in [-0.3, -0.25) is 4.79 Å². The third-order valence-electron chi connectivity index (χ3n) is 3.39. The van der Waals surface area contributed by atoms with Gasteiger partial charge in [0.2, 0.25) is 0 Å². The third kappa shape index (κ3) is 3.21. The summed E-state index contributed by atoms with van der Waals surface area (Å²) < 4.78 is 2.80. The van der Waals surface area contributed by atoms with Crippen molar-refractivity contribution in [3.05, 3.63) is 63.4 Å². The topological polar surface area (TPSA) is 34.4 Å². The Labute approximate surface area is 142 Å². The Kier molecular flexibility index (Phi) is 4.33. The summed E-state index contributed by atoms with van der Waals surface area (Å²) in [5, 5.41) is 0.642. The van der Waals surface area contributed by atoms with Crippen LogP contribution in [0.1, 0.15) is 15.9 Å². The summed E-state index contributed by atoms with van der Waals surface area (Å²) >= 11 is 7.43. The van der Waals surface area contributed by atoms with E-state index in [-0.39, 0.29) is 5.91 Å². The average Bonchev–Trinajstić information content (AvgIpc) is 2.85. The zero-order chi connectivity index (χ0) is 16.4. The van der Waals surface area contributed by atoms with Crippen LogP contribution in [-0.2, 0) is 6.54 Å². The predicted octanol–water partition coefficient (Wildman–Crippen LogP) is 4.04. The van der Waals surface area contributed by atoms with Gasteiger partial charge in [-0.15, -0.1) is 6.42 Å². The fourth-order valence-electron chi connectivity index (χ4n) is 2.22. The molecule has 0 spiro atoms. The molecule has 0 radical (unpaired) electrons. The number of rotatable bonds is 2. The number of aryl methyl sites for hydroxylation is 1. The first-order valence-corrected chi connectivity index (χ1v) is 8.16. The zero-order valence-corrected chi connectivity index (χ0v) is 14.0. The number of carbonyl (C=O) groups is 1. The molecule has 0 saturated carbocycles. The number of aromatic nitrogens is 1. The van der Waals surface area contributed by atoms with Gasteiger partial charge in [-0.25, -0.2) is 0 Å². The number of thiazole rings is 1. The predicted molar refractivity (Wildman–Crippen MR) is 94.7 cm³/mol. The molecule has 0 aliphatic carbocycles. The molecule has 0 N–H and O–H groups in total. The highest BCUT2D eigenvalue weighted by atomic mass is 35.5. The summed E-state index contributed by atoms with van der Waals surface area (Å²) in [5.74, 6) is 2.32. The minimum Gasteiger partial charge on any atom is -0.305 e. The number of nitrogens with zero attached hydrogens (tertiary/aromatic N) is 2. The molecule has 5 heteroatoms. The van der Waals surface area contributed by atoms with Crippen molar-refractivity contribution in [2.75, 3.05) is 0 Å². The highest BCUT2D eigenvalue weighted by Gasteiger charge is 2.09. The van der Waals surface area contributed by atoms with Crippen molar-refractivity contribution < 1.29 is 4.79 Å². The first-order chi connectivity index (χ1) is 11.1. The lowest BCUT2D eigenvalue weighted by atomic mass is 10.1. The van der Waals surface area contributed by atoms with Gasteiger partial charge < -0.3 is 4.57 Å². The van der Waals surface area contributed by atoms with Crippen molar-refractivity contribution in [3.63, 3.8) is 0 Å². The highest BCUT2D eigenvalue weighted by molar-refractivity contribution is 7.16. The quantitative estimate of drug-likeness (QED) is 0.648. The van der Waals surface area contributed by atoms with Gasteiger partial charge in [0.1, 0.15) is 0 Å². The summed E-state index contributed by atoms with van der Waals surface area (Å²) in [6, 6.07) is 12.9. The van der Waals surface area contributed by atoms with Crippen LogP contribution in [0, 0.1) is 19.3 Å². The summed E-state index contributed by atoms with van der Waals surface area (Å²) in [5.41, 5.74) is 2.58. The zero-order valence-electron chi connectivity index (χ0n) is 12.4. The number of fused-ring (bicyclic) bond motifs is 1. The maximum absolute atomic E-state index is 12.4. The summed E-state index contributed by atoms with van der Waals surface area (Å²) in [4.78, 5) is 17.2. The Hall–Kier alpha value is -2.35. The van der Waals surface area contributed by atoms with E-state index in [0.29, 0.717) is 21.9 Å². The van der Waals surface area contributed by atoms with E-state index >= 15 is 0 Å². The van der Waals surface area contributed by atoms with Crippen molar-refractivity contribution in [2.24, 2.45) is 4.99 Å². The van der Waals surface area contributed by atoms with Crippen molar-refractivity contribution in [1.29, 1.82) is 0 Å². The van der Waals surface area contributed by atoms with E-state index in [2.05, 4.69) is 10.9 Å². The lowest BCUT2D eigenvalue weighted by Crippen LogP contribution is -2.16. The number of benzene rings is 2.